The van der Waals surface area contributed by atoms with E-state index in [1.165, 1.54) is 10.8 Å². The zero-order chi connectivity index (χ0) is 19.1. The molecule has 0 unspecified atom stereocenters. The first-order valence-corrected chi connectivity index (χ1v) is 9.36. The fourth-order valence-electron chi connectivity index (χ4n) is 4.04. The maximum absolute atomic E-state index is 11.2. The number of ether oxygens (including phenoxy) is 2. The molecule has 2 aliphatic heterocycles. The average molecular weight is 380 g/mol. The molecule has 1 aromatic carbocycles. The van der Waals surface area contributed by atoms with Gasteiger partial charge in [0.05, 0.1) is 16.8 Å². The lowest BCUT2D eigenvalue weighted by atomic mass is 10.1. The second-order valence-corrected chi connectivity index (χ2v) is 7.14. The normalized spacial score (nSPS) is 17.7. The molecule has 0 saturated carbocycles. The van der Waals surface area contributed by atoms with Crippen LogP contribution in [0.15, 0.2) is 36.8 Å². The summed E-state index contributed by atoms with van der Waals surface area (Å²) in [6.45, 7) is 3.19. The van der Waals surface area contributed by atoms with Crippen LogP contribution in [0.25, 0.3) is 10.9 Å². The van der Waals surface area contributed by atoms with E-state index in [2.05, 4.69) is 14.9 Å². The Kier molecular flexibility index (Phi) is 4.22. The van der Waals surface area contributed by atoms with E-state index in [1.807, 2.05) is 6.07 Å². The third-order valence-electron chi connectivity index (χ3n) is 5.50. The molecular formula is C20H20N4O4. The van der Waals surface area contributed by atoms with Crippen LogP contribution < -0.4 is 4.74 Å². The third kappa shape index (κ3) is 3.00. The number of nitrogens with zero attached hydrogens (tertiary/aromatic N) is 4. The minimum atomic E-state index is -1.01. The van der Waals surface area contributed by atoms with Crippen molar-refractivity contribution in [2.75, 3.05) is 13.2 Å². The van der Waals surface area contributed by atoms with Crippen LogP contribution in [-0.4, -0.2) is 49.9 Å². The van der Waals surface area contributed by atoms with Gasteiger partial charge in [-0.3, -0.25) is 9.47 Å². The molecule has 0 radical (unpaired) electrons. The minimum Gasteiger partial charge on any atom is -0.464 e. The van der Waals surface area contributed by atoms with Crippen LogP contribution >= 0.6 is 0 Å². The number of fused-ring (bicyclic) bond motifs is 2. The average Bonchev–Trinajstić information content (AvgIpc) is 3.33. The molecule has 0 bridgehead atoms. The Morgan fingerprint density at radius 1 is 1.18 bits per heavy atom. The fourth-order valence-corrected chi connectivity index (χ4v) is 4.04. The van der Waals surface area contributed by atoms with Crippen molar-refractivity contribution in [2.45, 2.75) is 32.0 Å². The summed E-state index contributed by atoms with van der Waals surface area (Å²) in [5.74, 6) is 1.19. The zero-order valence-electron chi connectivity index (χ0n) is 15.2. The van der Waals surface area contributed by atoms with E-state index in [9.17, 15) is 9.90 Å². The monoisotopic (exact) mass is 380 g/mol. The van der Waals surface area contributed by atoms with Crippen LogP contribution in [0.3, 0.4) is 0 Å². The standard InChI is InChI=1S/C20H20N4O4/c25-20(26)24-6-3-13-9-15(1-2-18(13)24)28-19-16-10-23(11-17(16)21-12-22-19)14-4-7-27-8-5-14/h1-3,6,9,12,14H,4-5,7-8,10-11H2,(H,25,26). The van der Waals surface area contributed by atoms with Crippen molar-refractivity contribution in [3.8, 4) is 11.6 Å². The van der Waals surface area contributed by atoms with Crippen molar-refractivity contribution in [1.82, 2.24) is 19.4 Å². The van der Waals surface area contributed by atoms with E-state index >= 15 is 0 Å². The first-order valence-electron chi connectivity index (χ1n) is 9.36. The van der Waals surface area contributed by atoms with Gasteiger partial charge in [-0.05, 0) is 37.1 Å². The summed E-state index contributed by atoms with van der Waals surface area (Å²) in [6, 6.07) is 7.60. The van der Waals surface area contributed by atoms with Gasteiger partial charge in [0.15, 0.2) is 0 Å². The highest BCUT2D eigenvalue weighted by molar-refractivity contribution is 5.89. The van der Waals surface area contributed by atoms with Crippen molar-refractivity contribution >= 4 is 17.0 Å². The first kappa shape index (κ1) is 17.2. The van der Waals surface area contributed by atoms with Gasteiger partial charge < -0.3 is 14.6 Å². The van der Waals surface area contributed by atoms with Gasteiger partial charge in [-0.25, -0.2) is 14.8 Å². The summed E-state index contributed by atoms with van der Waals surface area (Å²) in [5, 5.41) is 10.0. The molecule has 4 heterocycles. The van der Waals surface area contributed by atoms with Gasteiger partial charge in [-0.15, -0.1) is 0 Å². The van der Waals surface area contributed by atoms with Gasteiger partial charge in [0, 0.05) is 43.9 Å². The summed E-state index contributed by atoms with van der Waals surface area (Å²) >= 11 is 0. The summed E-state index contributed by atoms with van der Waals surface area (Å²) in [7, 11) is 0. The van der Waals surface area contributed by atoms with E-state index in [0.717, 1.165) is 55.8 Å². The van der Waals surface area contributed by atoms with Gasteiger partial charge in [-0.1, -0.05) is 0 Å². The van der Waals surface area contributed by atoms with Crippen LogP contribution in [0, 0.1) is 0 Å². The van der Waals surface area contributed by atoms with Crippen LogP contribution in [0.4, 0.5) is 4.79 Å². The number of hydrogen-bond acceptors (Lipinski definition) is 6. The van der Waals surface area contributed by atoms with Crippen molar-refractivity contribution in [3.63, 3.8) is 0 Å². The van der Waals surface area contributed by atoms with Gasteiger partial charge in [0.25, 0.3) is 0 Å². The number of carboxylic acid groups (broad SMARTS) is 1. The van der Waals surface area contributed by atoms with E-state index < -0.39 is 6.09 Å². The molecule has 5 rings (SSSR count). The Labute approximate surface area is 161 Å². The molecule has 8 nitrogen and oxygen atoms in total. The Morgan fingerprint density at radius 2 is 2.04 bits per heavy atom. The molecule has 28 heavy (non-hydrogen) atoms. The largest absolute Gasteiger partial charge is 0.464 e. The van der Waals surface area contributed by atoms with Gasteiger partial charge >= 0.3 is 6.09 Å². The predicted molar refractivity (Wildman–Crippen MR) is 101 cm³/mol. The summed E-state index contributed by atoms with van der Waals surface area (Å²) in [5.41, 5.74) is 2.66. The van der Waals surface area contributed by atoms with Crippen molar-refractivity contribution < 1.29 is 19.4 Å². The molecular weight excluding hydrogens is 360 g/mol. The van der Waals surface area contributed by atoms with Crippen LogP contribution in [0.2, 0.25) is 0 Å². The minimum absolute atomic E-state index is 0.503. The first-order chi connectivity index (χ1) is 13.7. The second kappa shape index (κ2) is 6.88. The topological polar surface area (TPSA) is 89.7 Å². The maximum atomic E-state index is 11.2. The summed E-state index contributed by atoms with van der Waals surface area (Å²) in [4.78, 5) is 22.5. The highest BCUT2D eigenvalue weighted by atomic mass is 16.5. The zero-order valence-corrected chi connectivity index (χ0v) is 15.2. The van der Waals surface area contributed by atoms with E-state index in [0.29, 0.717) is 23.2 Å². The molecule has 3 aromatic rings. The molecule has 0 aliphatic carbocycles. The van der Waals surface area contributed by atoms with Gasteiger partial charge in [-0.2, -0.15) is 0 Å². The van der Waals surface area contributed by atoms with E-state index in [-0.39, 0.29) is 0 Å². The Balaban J connectivity index is 1.39. The highest BCUT2D eigenvalue weighted by Gasteiger charge is 2.31. The van der Waals surface area contributed by atoms with Crippen LogP contribution in [0.5, 0.6) is 11.6 Å². The lowest BCUT2D eigenvalue weighted by molar-refractivity contribution is 0.0323. The molecule has 2 aromatic heterocycles. The number of carbonyl (C=O) groups is 1. The molecule has 1 N–H and O–H groups in total. The van der Waals surface area contributed by atoms with E-state index in [4.69, 9.17) is 9.47 Å². The Hall–Kier alpha value is -2.97. The van der Waals surface area contributed by atoms with Crippen LogP contribution in [-0.2, 0) is 17.8 Å². The Bertz CT molecular complexity index is 1040. The van der Waals surface area contributed by atoms with Crippen molar-refractivity contribution in [1.29, 1.82) is 0 Å². The summed E-state index contributed by atoms with van der Waals surface area (Å²) in [6.07, 6.45) is 4.14. The molecule has 2 aliphatic rings. The quantitative estimate of drug-likeness (QED) is 0.746. The smallest absolute Gasteiger partial charge is 0.415 e. The SMILES string of the molecule is O=C(O)n1ccc2cc(Oc3ncnc4c3CN(C3CCOCC3)C4)ccc21. The lowest BCUT2D eigenvalue weighted by Crippen LogP contribution is -2.35. The number of aromatic nitrogens is 3. The van der Waals surface area contributed by atoms with Gasteiger partial charge in [0.1, 0.15) is 12.1 Å². The van der Waals surface area contributed by atoms with E-state index in [1.54, 1.807) is 24.5 Å². The number of benzene rings is 1. The molecule has 0 amide bonds. The van der Waals surface area contributed by atoms with Crippen molar-refractivity contribution in [3.05, 3.63) is 48.0 Å². The molecule has 0 atom stereocenters. The number of rotatable bonds is 3. The fraction of sp³-hybridized carbons (Fsp3) is 0.350. The lowest BCUT2D eigenvalue weighted by Gasteiger charge is -2.30. The maximum Gasteiger partial charge on any atom is 0.415 e. The second-order valence-electron chi connectivity index (χ2n) is 7.14. The number of hydrogen-bond donors (Lipinski definition) is 1. The molecule has 0 spiro atoms. The Morgan fingerprint density at radius 3 is 2.86 bits per heavy atom. The van der Waals surface area contributed by atoms with Gasteiger partial charge in [0.2, 0.25) is 5.88 Å². The van der Waals surface area contributed by atoms with Crippen molar-refractivity contribution in [2.24, 2.45) is 0 Å². The molecule has 8 heteroatoms. The third-order valence-corrected chi connectivity index (χ3v) is 5.50. The van der Waals surface area contributed by atoms with Crippen LogP contribution in [0.1, 0.15) is 24.1 Å². The highest BCUT2D eigenvalue weighted by Crippen LogP contribution is 2.34. The molecule has 1 saturated heterocycles. The summed E-state index contributed by atoms with van der Waals surface area (Å²) < 4.78 is 12.7. The molecule has 1 fully saturated rings. The molecule has 144 valence electrons. The predicted octanol–water partition coefficient (Wildman–Crippen LogP) is 3.24.